The summed E-state index contributed by atoms with van der Waals surface area (Å²) in [6.45, 7) is 1.19. The van der Waals surface area contributed by atoms with Crippen LogP contribution in [0.25, 0.3) is 22.8 Å². The molecule has 4 rings (SSSR count). The Morgan fingerprint density at radius 1 is 1.27 bits per heavy atom. The van der Waals surface area contributed by atoms with Crippen molar-refractivity contribution >= 4 is 0 Å². The van der Waals surface area contributed by atoms with Crippen LogP contribution in [0.15, 0.2) is 35.1 Å². The summed E-state index contributed by atoms with van der Waals surface area (Å²) in [6, 6.07) is 5.90. The van der Waals surface area contributed by atoms with Crippen LogP contribution in [0.2, 0.25) is 0 Å². The van der Waals surface area contributed by atoms with Crippen LogP contribution >= 0.6 is 0 Å². The molecule has 1 N–H and O–H groups in total. The molecular weight excluding hydrogens is 284 g/mol. The van der Waals surface area contributed by atoms with Crippen molar-refractivity contribution in [2.75, 3.05) is 13.2 Å². The summed E-state index contributed by atoms with van der Waals surface area (Å²) in [6.07, 6.45) is 4.31. The van der Waals surface area contributed by atoms with E-state index in [1.807, 2.05) is 18.2 Å². The van der Waals surface area contributed by atoms with Gasteiger partial charge in [-0.3, -0.25) is 4.68 Å². The van der Waals surface area contributed by atoms with Crippen molar-refractivity contribution in [2.45, 2.75) is 13.0 Å². The van der Waals surface area contributed by atoms with Crippen molar-refractivity contribution in [2.24, 2.45) is 0 Å². The van der Waals surface area contributed by atoms with Crippen LogP contribution in [0.3, 0.4) is 0 Å². The lowest BCUT2D eigenvalue weighted by Crippen LogP contribution is -2.01. The first-order valence-corrected chi connectivity index (χ1v) is 7.07. The molecule has 0 aliphatic carbocycles. The predicted octanol–water partition coefficient (Wildman–Crippen LogP) is 1.53. The smallest absolute Gasteiger partial charge is 0.261 e. The normalized spacial score (nSPS) is 13.1. The number of benzene rings is 1. The SMILES string of the molecule is OCCn1cc(-c2nc(-c3ccc4c(c3)CCO4)no2)cn1. The molecule has 2 aromatic heterocycles. The fourth-order valence-corrected chi connectivity index (χ4v) is 2.48. The van der Waals surface area contributed by atoms with Gasteiger partial charge in [0.05, 0.1) is 31.5 Å². The Balaban J connectivity index is 1.63. The van der Waals surface area contributed by atoms with E-state index in [2.05, 4.69) is 15.2 Å². The molecule has 3 aromatic rings. The van der Waals surface area contributed by atoms with E-state index in [-0.39, 0.29) is 6.61 Å². The van der Waals surface area contributed by atoms with Gasteiger partial charge in [-0.05, 0) is 23.8 Å². The third-order valence-electron chi connectivity index (χ3n) is 3.58. The summed E-state index contributed by atoms with van der Waals surface area (Å²) in [5.41, 5.74) is 2.80. The number of hydrogen-bond donors (Lipinski definition) is 1. The molecule has 1 aliphatic rings. The molecule has 1 aromatic carbocycles. The second kappa shape index (κ2) is 5.27. The zero-order valence-corrected chi connectivity index (χ0v) is 11.8. The van der Waals surface area contributed by atoms with Crippen molar-refractivity contribution < 1.29 is 14.4 Å². The number of nitrogens with zero attached hydrogens (tertiary/aromatic N) is 4. The maximum Gasteiger partial charge on any atom is 0.261 e. The fraction of sp³-hybridized carbons (Fsp3) is 0.267. The van der Waals surface area contributed by atoms with Crippen LogP contribution in [0.5, 0.6) is 5.75 Å². The zero-order chi connectivity index (χ0) is 14.9. The summed E-state index contributed by atoms with van der Waals surface area (Å²) in [5.74, 6) is 1.88. The minimum absolute atomic E-state index is 0.0351. The van der Waals surface area contributed by atoms with Crippen LogP contribution in [0.4, 0.5) is 0 Å². The Morgan fingerprint density at radius 3 is 3.14 bits per heavy atom. The van der Waals surface area contributed by atoms with Gasteiger partial charge >= 0.3 is 0 Å². The molecule has 0 saturated carbocycles. The molecule has 0 bridgehead atoms. The number of fused-ring (bicyclic) bond motifs is 1. The molecule has 0 fully saturated rings. The van der Waals surface area contributed by atoms with Crippen LogP contribution in [0.1, 0.15) is 5.56 Å². The molecular formula is C15H14N4O3. The Hall–Kier alpha value is -2.67. The maximum absolute atomic E-state index is 8.91. The van der Waals surface area contributed by atoms with Crippen molar-refractivity contribution in [3.8, 4) is 28.6 Å². The first-order chi connectivity index (χ1) is 10.8. The van der Waals surface area contributed by atoms with Crippen molar-refractivity contribution in [3.63, 3.8) is 0 Å². The van der Waals surface area contributed by atoms with E-state index in [0.29, 0.717) is 18.3 Å². The zero-order valence-electron chi connectivity index (χ0n) is 11.8. The summed E-state index contributed by atoms with van der Waals surface area (Å²) >= 11 is 0. The first-order valence-electron chi connectivity index (χ1n) is 7.07. The topological polar surface area (TPSA) is 86.2 Å². The van der Waals surface area contributed by atoms with Gasteiger partial charge in [0.15, 0.2) is 0 Å². The summed E-state index contributed by atoms with van der Waals surface area (Å²) in [7, 11) is 0. The van der Waals surface area contributed by atoms with E-state index >= 15 is 0 Å². The number of rotatable bonds is 4. The minimum Gasteiger partial charge on any atom is -0.493 e. The molecule has 112 valence electrons. The third kappa shape index (κ3) is 2.25. The molecule has 0 unspecified atom stereocenters. The highest BCUT2D eigenvalue weighted by Crippen LogP contribution is 2.30. The largest absolute Gasteiger partial charge is 0.493 e. The van der Waals surface area contributed by atoms with E-state index in [4.69, 9.17) is 14.4 Å². The Bertz CT molecular complexity index is 809. The Labute approximate surface area is 126 Å². The Kier molecular flexibility index (Phi) is 3.12. The van der Waals surface area contributed by atoms with E-state index in [1.54, 1.807) is 17.1 Å². The number of hydrogen-bond acceptors (Lipinski definition) is 6. The Morgan fingerprint density at radius 2 is 2.23 bits per heavy atom. The van der Waals surface area contributed by atoms with Gasteiger partial charge in [-0.25, -0.2) is 0 Å². The van der Waals surface area contributed by atoms with Gasteiger partial charge in [0, 0.05) is 18.2 Å². The molecule has 0 spiro atoms. The number of ether oxygens (including phenoxy) is 1. The standard InChI is InChI=1S/C15H14N4O3/c20-5-4-19-9-12(8-16-19)15-17-14(18-22-15)11-1-2-13-10(7-11)3-6-21-13/h1-2,7-9,20H,3-6H2. The lowest BCUT2D eigenvalue weighted by Gasteiger charge is -1.99. The summed E-state index contributed by atoms with van der Waals surface area (Å²) in [4.78, 5) is 4.42. The molecule has 0 radical (unpaired) electrons. The van der Waals surface area contributed by atoms with Crippen LogP contribution in [-0.4, -0.2) is 38.2 Å². The molecule has 7 nitrogen and oxygen atoms in total. The van der Waals surface area contributed by atoms with E-state index in [9.17, 15) is 0 Å². The molecule has 0 saturated heterocycles. The van der Waals surface area contributed by atoms with Gasteiger partial charge in [0.2, 0.25) is 5.82 Å². The average molecular weight is 298 g/mol. The number of aromatic nitrogens is 4. The molecule has 0 amide bonds. The highest BCUT2D eigenvalue weighted by molar-refractivity contribution is 5.61. The van der Waals surface area contributed by atoms with Gasteiger partial charge in [0.25, 0.3) is 5.89 Å². The maximum atomic E-state index is 8.91. The molecule has 3 heterocycles. The highest BCUT2D eigenvalue weighted by Gasteiger charge is 2.16. The molecule has 22 heavy (non-hydrogen) atoms. The lowest BCUT2D eigenvalue weighted by atomic mass is 10.1. The van der Waals surface area contributed by atoms with Gasteiger partial charge in [0.1, 0.15) is 5.75 Å². The van der Waals surface area contributed by atoms with Gasteiger partial charge in [-0.15, -0.1) is 0 Å². The van der Waals surface area contributed by atoms with Gasteiger partial charge in [-0.1, -0.05) is 5.16 Å². The quantitative estimate of drug-likeness (QED) is 0.786. The molecule has 0 atom stereocenters. The monoisotopic (exact) mass is 298 g/mol. The predicted molar refractivity (Wildman–Crippen MR) is 77.2 cm³/mol. The van der Waals surface area contributed by atoms with Crippen LogP contribution < -0.4 is 4.74 Å². The third-order valence-corrected chi connectivity index (χ3v) is 3.58. The molecule has 1 aliphatic heterocycles. The van der Waals surface area contributed by atoms with Crippen molar-refractivity contribution in [3.05, 3.63) is 36.2 Å². The van der Waals surface area contributed by atoms with E-state index in [1.165, 1.54) is 5.56 Å². The second-order valence-electron chi connectivity index (χ2n) is 5.06. The average Bonchev–Trinajstić information content (AvgIpc) is 3.26. The van der Waals surface area contributed by atoms with Gasteiger partial charge in [-0.2, -0.15) is 10.1 Å². The minimum atomic E-state index is 0.0351. The summed E-state index contributed by atoms with van der Waals surface area (Å²) in [5, 5.41) is 17.1. The van der Waals surface area contributed by atoms with E-state index in [0.717, 1.165) is 29.9 Å². The van der Waals surface area contributed by atoms with Crippen LogP contribution in [-0.2, 0) is 13.0 Å². The number of aliphatic hydroxyl groups is 1. The lowest BCUT2D eigenvalue weighted by molar-refractivity contribution is 0.269. The van der Waals surface area contributed by atoms with Crippen molar-refractivity contribution in [1.29, 1.82) is 0 Å². The number of aliphatic hydroxyl groups excluding tert-OH is 1. The first kappa shape index (κ1) is 13.0. The molecule has 7 heteroatoms. The highest BCUT2D eigenvalue weighted by atomic mass is 16.5. The summed E-state index contributed by atoms with van der Waals surface area (Å²) < 4.78 is 12.4. The van der Waals surface area contributed by atoms with Crippen molar-refractivity contribution in [1.82, 2.24) is 19.9 Å². The van der Waals surface area contributed by atoms with Crippen LogP contribution in [0, 0.1) is 0 Å². The van der Waals surface area contributed by atoms with Gasteiger partial charge < -0.3 is 14.4 Å². The fourth-order valence-electron chi connectivity index (χ4n) is 2.48. The van der Waals surface area contributed by atoms with E-state index < -0.39 is 0 Å². The second-order valence-corrected chi connectivity index (χ2v) is 5.06.